The van der Waals surface area contributed by atoms with Crippen LogP contribution in [0.5, 0.6) is 0 Å². The lowest BCUT2D eigenvalue weighted by molar-refractivity contribution is -0.140. The Morgan fingerprint density at radius 2 is 1.52 bits per heavy atom. The van der Waals surface area contributed by atoms with Gasteiger partial charge in [-0.15, -0.1) is 0 Å². The van der Waals surface area contributed by atoms with E-state index in [1.165, 1.54) is 4.90 Å². The van der Waals surface area contributed by atoms with Crippen molar-refractivity contribution >= 4 is 66.7 Å². The van der Waals surface area contributed by atoms with Crippen LogP contribution in [0, 0.1) is 5.92 Å². The van der Waals surface area contributed by atoms with E-state index < -0.39 is 28.5 Å². The first-order valence-electron chi connectivity index (χ1n) is 12.6. The minimum absolute atomic E-state index is 0.0997. The minimum atomic E-state index is -3.88. The highest BCUT2D eigenvalue weighted by Crippen LogP contribution is 2.30. The smallest absolute Gasteiger partial charge is 0.244 e. The Morgan fingerprint density at radius 3 is 2.10 bits per heavy atom. The molecule has 11 heteroatoms. The number of nitrogens with zero attached hydrogens (tertiary/aromatic N) is 2. The molecule has 2 amide bonds. The van der Waals surface area contributed by atoms with Crippen LogP contribution in [0.25, 0.3) is 0 Å². The summed E-state index contributed by atoms with van der Waals surface area (Å²) in [6.07, 6.45) is 1.23. The Kier molecular flexibility index (Phi) is 11.5. The van der Waals surface area contributed by atoms with Crippen molar-refractivity contribution in [3.63, 3.8) is 0 Å². The first-order valence-corrected chi connectivity index (χ1v) is 16.0. The molecular formula is C29H32BrCl2N3O4S. The fourth-order valence-corrected chi connectivity index (χ4v) is 6.07. The van der Waals surface area contributed by atoms with Gasteiger partial charge in [0.25, 0.3) is 0 Å². The number of para-hydroxylation sites is 1. The van der Waals surface area contributed by atoms with Gasteiger partial charge in [0.05, 0.1) is 11.9 Å². The highest BCUT2D eigenvalue weighted by Gasteiger charge is 2.34. The van der Waals surface area contributed by atoms with Crippen molar-refractivity contribution in [2.24, 2.45) is 5.92 Å². The molecule has 0 spiro atoms. The number of carbonyl (C=O) groups is 2. The molecule has 1 N–H and O–H groups in total. The summed E-state index contributed by atoms with van der Waals surface area (Å²) in [6, 6.07) is 20.1. The second-order valence-corrected chi connectivity index (χ2v) is 13.4. The van der Waals surface area contributed by atoms with E-state index >= 15 is 0 Å². The lowest BCUT2D eigenvalue weighted by atomic mass is 10.0. The third-order valence-electron chi connectivity index (χ3n) is 6.15. The summed E-state index contributed by atoms with van der Waals surface area (Å²) in [5.41, 5.74) is 1.60. The topological polar surface area (TPSA) is 86.8 Å². The van der Waals surface area contributed by atoms with Gasteiger partial charge in [-0.1, -0.05) is 85.6 Å². The number of anilines is 1. The quantitative estimate of drug-likeness (QED) is 0.259. The summed E-state index contributed by atoms with van der Waals surface area (Å²) >= 11 is 16.4. The van der Waals surface area contributed by atoms with Crippen molar-refractivity contribution in [3.05, 3.63) is 98.4 Å². The second kappa shape index (κ2) is 14.3. The van der Waals surface area contributed by atoms with Gasteiger partial charge in [-0.25, -0.2) is 8.42 Å². The van der Waals surface area contributed by atoms with E-state index in [0.717, 1.165) is 16.1 Å². The molecule has 0 aliphatic carbocycles. The lowest BCUT2D eigenvalue weighted by Crippen LogP contribution is -2.53. The Bertz CT molecular complexity index is 1420. The zero-order valence-corrected chi connectivity index (χ0v) is 26.4. The van der Waals surface area contributed by atoms with Crippen molar-refractivity contribution in [1.29, 1.82) is 0 Å². The van der Waals surface area contributed by atoms with Crippen LogP contribution in [0.1, 0.15) is 25.0 Å². The van der Waals surface area contributed by atoms with Gasteiger partial charge in [0.1, 0.15) is 12.6 Å². The molecule has 3 aromatic rings. The van der Waals surface area contributed by atoms with Gasteiger partial charge in [0.15, 0.2) is 0 Å². The van der Waals surface area contributed by atoms with E-state index in [9.17, 15) is 18.0 Å². The van der Waals surface area contributed by atoms with Gasteiger partial charge >= 0.3 is 0 Å². The molecule has 0 bridgehead atoms. The van der Waals surface area contributed by atoms with Crippen LogP contribution in [0.3, 0.4) is 0 Å². The molecule has 0 saturated heterocycles. The van der Waals surface area contributed by atoms with Gasteiger partial charge in [-0.05, 0) is 51.7 Å². The van der Waals surface area contributed by atoms with Crippen molar-refractivity contribution in [2.75, 3.05) is 23.7 Å². The van der Waals surface area contributed by atoms with Crippen LogP contribution in [-0.2, 0) is 32.6 Å². The molecule has 1 unspecified atom stereocenters. The molecule has 0 radical (unpaired) electrons. The predicted octanol–water partition coefficient (Wildman–Crippen LogP) is 5.93. The van der Waals surface area contributed by atoms with Gasteiger partial charge in [-0.2, -0.15) is 0 Å². The number of carbonyl (C=O) groups excluding carboxylic acids is 2. The molecule has 0 aliphatic rings. The average Bonchev–Trinajstić information content (AvgIpc) is 2.89. The summed E-state index contributed by atoms with van der Waals surface area (Å²) in [7, 11) is -3.88. The van der Waals surface area contributed by atoms with Crippen LogP contribution in [0.4, 0.5) is 5.69 Å². The SMILES string of the molecule is CC(C)CNC(=O)C(Cc1ccccc1)N(Cc1c(Cl)cccc1Cl)C(=O)CN(c1ccccc1Br)S(C)(=O)=O. The van der Waals surface area contributed by atoms with Crippen LogP contribution in [0.15, 0.2) is 77.3 Å². The molecule has 0 aromatic heterocycles. The van der Waals surface area contributed by atoms with Crippen LogP contribution in [-0.4, -0.2) is 50.5 Å². The van der Waals surface area contributed by atoms with Crippen LogP contribution >= 0.6 is 39.1 Å². The fraction of sp³-hybridized carbons (Fsp3) is 0.310. The van der Waals surface area contributed by atoms with E-state index in [-0.39, 0.29) is 24.8 Å². The summed E-state index contributed by atoms with van der Waals surface area (Å²) < 4.78 is 27.3. The third kappa shape index (κ3) is 8.70. The highest BCUT2D eigenvalue weighted by molar-refractivity contribution is 9.10. The van der Waals surface area contributed by atoms with Crippen molar-refractivity contribution in [1.82, 2.24) is 10.2 Å². The first kappa shape index (κ1) is 31.9. The number of hydrogen-bond donors (Lipinski definition) is 1. The molecule has 1 atom stereocenters. The maximum atomic E-state index is 14.1. The number of sulfonamides is 1. The van der Waals surface area contributed by atoms with E-state index in [0.29, 0.717) is 32.3 Å². The average molecular weight is 669 g/mol. The summed E-state index contributed by atoms with van der Waals surface area (Å²) in [5, 5.41) is 3.60. The second-order valence-electron chi connectivity index (χ2n) is 9.79. The zero-order chi connectivity index (χ0) is 29.4. The van der Waals surface area contributed by atoms with E-state index in [2.05, 4.69) is 21.2 Å². The molecule has 214 valence electrons. The predicted molar refractivity (Wildman–Crippen MR) is 165 cm³/mol. The number of rotatable bonds is 12. The molecule has 7 nitrogen and oxygen atoms in total. The molecule has 0 heterocycles. The first-order chi connectivity index (χ1) is 18.9. The maximum absolute atomic E-state index is 14.1. The molecular weight excluding hydrogens is 637 g/mol. The Morgan fingerprint density at radius 1 is 0.925 bits per heavy atom. The summed E-state index contributed by atoms with van der Waals surface area (Å²) in [5.74, 6) is -0.765. The maximum Gasteiger partial charge on any atom is 0.244 e. The van der Waals surface area contributed by atoms with Gasteiger partial charge in [0, 0.05) is 39.6 Å². The number of benzene rings is 3. The minimum Gasteiger partial charge on any atom is -0.354 e. The zero-order valence-electron chi connectivity index (χ0n) is 22.5. The van der Waals surface area contributed by atoms with Gasteiger partial charge in [-0.3, -0.25) is 13.9 Å². The Hall–Kier alpha value is -2.59. The van der Waals surface area contributed by atoms with Crippen LogP contribution in [0.2, 0.25) is 10.0 Å². The lowest BCUT2D eigenvalue weighted by Gasteiger charge is -2.34. The number of amides is 2. The van der Waals surface area contributed by atoms with Crippen molar-refractivity contribution in [3.8, 4) is 0 Å². The largest absolute Gasteiger partial charge is 0.354 e. The Labute approximate surface area is 254 Å². The molecule has 3 aromatic carbocycles. The molecule has 40 heavy (non-hydrogen) atoms. The van der Waals surface area contributed by atoms with E-state index in [1.807, 2.05) is 44.2 Å². The highest BCUT2D eigenvalue weighted by atomic mass is 79.9. The fourth-order valence-electron chi connectivity index (χ4n) is 4.08. The monoisotopic (exact) mass is 667 g/mol. The number of halogens is 3. The number of hydrogen-bond acceptors (Lipinski definition) is 4. The summed E-state index contributed by atoms with van der Waals surface area (Å²) in [4.78, 5) is 29.1. The van der Waals surface area contributed by atoms with Crippen molar-refractivity contribution < 1.29 is 18.0 Å². The van der Waals surface area contributed by atoms with Gasteiger partial charge < -0.3 is 10.2 Å². The standard InChI is InChI=1S/C29H32BrCl2N3O4S/c1-20(2)17-33-29(37)27(16-21-10-5-4-6-11-21)34(18-22-24(31)13-9-14-25(22)32)28(36)19-35(40(3,38)39)26-15-8-7-12-23(26)30/h4-15,20,27H,16-19H2,1-3H3,(H,33,37). The molecule has 0 fully saturated rings. The van der Waals surface area contributed by atoms with Crippen molar-refractivity contribution in [2.45, 2.75) is 32.9 Å². The van der Waals surface area contributed by atoms with E-state index in [4.69, 9.17) is 23.2 Å². The molecule has 0 saturated carbocycles. The summed E-state index contributed by atoms with van der Waals surface area (Å²) in [6.45, 7) is 3.72. The molecule has 3 rings (SSSR count). The number of nitrogens with one attached hydrogen (secondary N) is 1. The third-order valence-corrected chi connectivity index (χ3v) is 8.65. The van der Waals surface area contributed by atoms with E-state index in [1.54, 1.807) is 42.5 Å². The van der Waals surface area contributed by atoms with Gasteiger partial charge in [0.2, 0.25) is 21.8 Å². The molecule has 0 aliphatic heterocycles. The Balaban J connectivity index is 2.10. The van der Waals surface area contributed by atoms with Crippen LogP contribution < -0.4 is 9.62 Å². The normalized spacial score (nSPS) is 12.2.